The Balaban J connectivity index is 1.93. The molecule has 1 heterocycles. The van der Waals surface area contributed by atoms with Crippen LogP contribution in [0.5, 0.6) is 0 Å². The highest BCUT2D eigenvalue weighted by atomic mass is 15.2. The predicted octanol–water partition coefficient (Wildman–Crippen LogP) is 1.99. The van der Waals surface area contributed by atoms with Gasteiger partial charge in [0.05, 0.1) is 0 Å². The van der Waals surface area contributed by atoms with Crippen LogP contribution in [0.15, 0.2) is 0 Å². The number of hydrogen-bond acceptors (Lipinski definition) is 2. The molecule has 1 aliphatic carbocycles. The van der Waals surface area contributed by atoms with Crippen molar-refractivity contribution in [1.82, 2.24) is 4.90 Å². The summed E-state index contributed by atoms with van der Waals surface area (Å²) in [6.45, 7) is 7.27. The second kappa shape index (κ2) is 3.82. The highest BCUT2D eigenvalue weighted by Crippen LogP contribution is 2.43. The van der Waals surface area contributed by atoms with E-state index < -0.39 is 0 Å². The Morgan fingerprint density at radius 1 is 1.21 bits per heavy atom. The summed E-state index contributed by atoms with van der Waals surface area (Å²) in [6, 6.07) is 1.22. The number of nitrogens with zero attached hydrogens (tertiary/aromatic N) is 1. The Bertz CT molecular complexity index is 192. The Morgan fingerprint density at radius 2 is 1.86 bits per heavy atom. The molecule has 2 N–H and O–H groups in total. The summed E-state index contributed by atoms with van der Waals surface area (Å²) < 4.78 is 0. The third kappa shape index (κ3) is 1.96. The van der Waals surface area contributed by atoms with E-state index in [1.807, 2.05) is 0 Å². The van der Waals surface area contributed by atoms with E-state index in [0.29, 0.717) is 11.5 Å². The number of rotatable bonds is 1. The van der Waals surface area contributed by atoms with E-state index in [2.05, 4.69) is 18.7 Å². The van der Waals surface area contributed by atoms with E-state index in [0.717, 1.165) is 6.04 Å². The highest BCUT2D eigenvalue weighted by Gasteiger charge is 2.40. The molecule has 82 valence electrons. The van der Waals surface area contributed by atoms with Crippen LogP contribution < -0.4 is 5.73 Å². The van der Waals surface area contributed by atoms with Crippen LogP contribution in [0.3, 0.4) is 0 Å². The maximum Gasteiger partial charge on any atom is 0.00412 e. The molecule has 2 heteroatoms. The highest BCUT2D eigenvalue weighted by molar-refractivity contribution is 4.94. The van der Waals surface area contributed by atoms with Gasteiger partial charge in [0, 0.05) is 18.6 Å². The fourth-order valence-electron chi connectivity index (χ4n) is 3.07. The van der Waals surface area contributed by atoms with Crippen LogP contribution in [-0.2, 0) is 0 Å². The van der Waals surface area contributed by atoms with E-state index in [9.17, 15) is 0 Å². The lowest BCUT2D eigenvalue weighted by atomic mass is 9.72. The molecule has 0 atom stereocenters. The molecule has 2 rings (SSSR count). The molecule has 1 saturated heterocycles. The lowest BCUT2D eigenvalue weighted by molar-refractivity contribution is 0.162. The van der Waals surface area contributed by atoms with Crippen LogP contribution in [0.25, 0.3) is 0 Å². The van der Waals surface area contributed by atoms with Gasteiger partial charge < -0.3 is 10.6 Å². The van der Waals surface area contributed by atoms with Crippen molar-refractivity contribution in [2.24, 2.45) is 11.1 Å². The first kappa shape index (κ1) is 10.4. The molecule has 0 aromatic rings. The minimum absolute atomic E-state index is 0.494. The van der Waals surface area contributed by atoms with Crippen molar-refractivity contribution in [2.45, 2.75) is 58.0 Å². The Kier molecular flexibility index (Phi) is 2.85. The molecular weight excluding hydrogens is 172 g/mol. The molecule has 1 spiro atoms. The Hall–Kier alpha value is -0.0800. The largest absolute Gasteiger partial charge is 0.328 e. The third-order valence-electron chi connectivity index (χ3n) is 4.29. The van der Waals surface area contributed by atoms with Gasteiger partial charge in [0.15, 0.2) is 0 Å². The van der Waals surface area contributed by atoms with Crippen molar-refractivity contribution in [2.75, 3.05) is 13.1 Å². The second-order valence-electron chi connectivity index (χ2n) is 5.65. The van der Waals surface area contributed by atoms with Crippen molar-refractivity contribution in [3.63, 3.8) is 0 Å². The monoisotopic (exact) mass is 196 g/mol. The zero-order valence-electron chi connectivity index (χ0n) is 9.63. The summed E-state index contributed by atoms with van der Waals surface area (Å²) in [5.41, 5.74) is 6.62. The molecule has 0 aromatic carbocycles. The van der Waals surface area contributed by atoms with Gasteiger partial charge in [-0.2, -0.15) is 0 Å². The van der Waals surface area contributed by atoms with Crippen molar-refractivity contribution >= 4 is 0 Å². The second-order valence-corrected chi connectivity index (χ2v) is 5.65. The molecule has 14 heavy (non-hydrogen) atoms. The van der Waals surface area contributed by atoms with Crippen LogP contribution in [0.2, 0.25) is 0 Å². The molecule has 2 nitrogen and oxygen atoms in total. The number of nitrogens with two attached hydrogens (primary N) is 1. The van der Waals surface area contributed by atoms with Crippen molar-refractivity contribution in [3.05, 3.63) is 0 Å². The fraction of sp³-hybridized carbons (Fsp3) is 1.00. The summed E-state index contributed by atoms with van der Waals surface area (Å²) in [6.07, 6.45) is 6.67. The Morgan fingerprint density at radius 3 is 2.36 bits per heavy atom. The standard InChI is InChI=1S/C12H24N2/c1-10(2)14-8-7-12(9-14)5-3-11(13)4-6-12/h10-11H,3-9,13H2,1-2H3. The van der Waals surface area contributed by atoms with Gasteiger partial charge in [0.1, 0.15) is 0 Å². The van der Waals surface area contributed by atoms with Gasteiger partial charge in [0.2, 0.25) is 0 Å². The van der Waals surface area contributed by atoms with E-state index >= 15 is 0 Å². The zero-order chi connectivity index (χ0) is 10.2. The quantitative estimate of drug-likeness (QED) is 0.695. The fourth-order valence-corrected chi connectivity index (χ4v) is 3.07. The van der Waals surface area contributed by atoms with E-state index in [1.165, 1.54) is 45.2 Å². The van der Waals surface area contributed by atoms with E-state index in [1.54, 1.807) is 0 Å². The van der Waals surface area contributed by atoms with Crippen molar-refractivity contribution in [1.29, 1.82) is 0 Å². The van der Waals surface area contributed by atoms with Crippen LogP contribution in [0, 0.1) is 5.41 Å². The smallest absolute Gasteiger partial charge is 0.00412 e. The van der Waals surface area contributed by atoms with Crippen LogP contribution in [0.4, 0.5) is 0 Å². The van der Waals surface area contributed by atoms with Gasteiger partial charge in [-0.15, -0.1) is 0 Å². The lowest BCUT2D eigenvalue weighted by Gasteiger charge is -2.36. The summed E-state index contributed by atoms with van der Waals surface area (Å²) in [5.74, 6) is 0. The van der Waals surface area contributed by atoms with Gasteiger partial charge in [-0.25, -0.2) is 0 Å². The average molecular weight is 196 g/mol. The summed E-state index contributed by atoms with van der Waals surface area (Å²) in [4.78, 5) is 2.64. The SMILES string of the molecule is CC(C)N1CCC2(CCC(N)CC2)C1. The topological polar surface area (TPSA) is 29.3 Å². The molecule has 0 radical (unpaired) electrons. The maximum absolute atomic E-state index is 5.97. The minimum atomic E-state index is 0.494. The van der Waals surface area contributed by atoms with E-state index in [4.69, 9.17) is 5.73 Å². The van der Waals surface area contributed by atoms with Gasteiger partial charge in [-0.05, 0) is 57.9 Å². The molecule has 2 aliphatic rings. The summed E-state index contributed by atoms with van der Waals surface area (Å²) >= 11 is 0. The average Bonchev–Trinajstić information content (AvgIpc) is 2.56. The molecular formula is C12H24N2. The molecule has 2 fully saturated rings. The first-order valence-electron chi connectivity index (χ1n) is 6.11. The first-order chi connectivity index (χ1) is 6.61. The van der Waals surface area contributed by atoms with E-state index in [-0.39, 0.29) is 0 Å². The molecule has 1 saturated carbocycles. The number of hydrogen-bond donors (Lipinski definition) is 1. The lowest BCUT2D eigenvalue weighted by Crippen LogP contribution is -2.37. The molecule has 0 bridgehead atoms. The molecule has 0 unspecified atom stereocenters. The Labute approximate surface area is 87.8 Å². The molecule has 0 aromatic heterocycles. The van der Waals surface area contributed by atoms with Crippen LogP contribution in [-0.4, -0.2) is 30.1 Å². The van der Waals surface area contributed by atoms with Gasteiger partial charge in [0.25, 0.3) is 0 Å². The van der Waals surface area contributed by atoms with Crippen LogP contribution >= 0.6 is 0 Å². The van der Waals surface area contributed by atoms with Gasteiger partial charge in [-0.3, -0.25) is 0 Å². The summed E-state index contributed by atoms with van der Waals surface area (Å²) in [5, 5.41) is 0. The zero-order valence-corrected chi connectivity index (χ0v) is 9.63. The summed E-state index contributed by atoms with van der Waals surface area (Å²) in [7, 11) is 0. The van der Waals surface area contributed by atoms with Gasteiger partial charge in [-0.1, -0.05) is 0 Å². The molecule has 1 aliphatic heterocycles. The minimum Gasteiger partial charge on any atom is -0.328 e. The van der Waals surface area contributed by atoms with Crippen molar-refractivity contribution < 1.29 is 0 Å². The predicted molar refractivity (Wildman–Crippen MR) is 60.2 cm³/mol. The third-order valence-corrected chi connectivity index (χ3v) is 4.29. The van der Waals surface area contributed by atoms with Crippen molar-refractivity contribution in [3.8, 4) is 0 Å². The van der Waals surface area contributed by atoms with Crippen LogP contribution in [0.1, 0.15) is 46.0 Å². The first-order valence-corrected chi connectivity index (χ1v) is 6.11. The number of likely N-dealkylation sites (tertiary alicyclic amines) is 1. The maximum atomic E-state index is 5.97. The molecule has 0 amide bonds. The normalized spacial score (nSPS) is 39.9. The van der Waals surface area contributed by atoms with Gasteiger partial charge >= 0.3 is 0 Å².